The van der Waals surface area contributed by atoms with Crippen LogP contribution in [0.15, 0.2) is 28.9 Å². The van der Waals surface area contributed by atoms with Gasteiger partial charge in [0, 0.05) is 12.1 Å². The Morgan fingerprint density at radius 3 is 2.63 bits per heavy atom. The monoisotopic (exact) mass is 260 g/mol. The van der Waals surface area contributed by atoms with E-state index in [1.807, 2.05) is 13.0 Å². The van der Waals surface area contributed by atoms with Crippen LogP contribution in [0, 0.1) is 6.92 Å². The van der Waals surface area contributed by atoms with Gasteiger partial charge in [-0.2, -0.15) is 4.98 Å². The first kappa shape index (κ1) is 13.6. The first-order chi connectivity index (χ1) is 8.90. The molecule has 0 amide bonds. The Morgan fingerprint density at radius 2 is 2.05 bits per heavy atom. The van der Waals surface area contributed by atoms with Crippen molar-refractivity contribution in [3.05, 3.63) is 41.3 Å². The Hall–Kier alpha value is -1.81. The van der Waals surface area contributed by atoms with E-state index in [0.717, 1.165) is 16.9 Å². The molecule has 4 nitrogen and oxygen atoms in total. The topological polar surface area (TPSA) is 61.3 Å². The maximum absolute atomic E-state index is 5.77. The lowest BCUT2D eigenvalue weighted by Gasteiger charge is -2.22. The van der Waals surface area contributed by atoms with Gasteiger partial charge in [-0.1, -0.05) is 32.9 Å². The molecule has 1 heterocycles. The van der Waals surface area contributed by atoms with E-state index in [2.05, 4.69) is 37.9 Å². The number of benzene rings is 1. The second-order valence-electron chi connectivity index (χ2n) is 5.66. The van der Waals surface area contributed by atoms with Crippen LogP contribution in [-0.4, -0.2) is 4.98 Å². The summed E-state index contributed by atoms with van der Waals surface area (Å²) >= 11 is 0. The number of hydrogen-bond donors (Lipinski definition) is 1. The van der Waals surface area contributed by atoms with E-state index in [9.17, 15) is 0 Å². The molecule has 0 aliphatic heterocycles. The number of nitrogens with two attached hydrogens (primary N) is 1. The molecule has 1 aromatic carbocycles. The highest BCUT2D eigenvalue weighted by atomic mass is 16.6. The summed E-state index contributed by atoms with van der Waals surface area (Å²) < 4.78 is 11.0. The number of nitrogens with zero attached hydrogens (tertiary/aromatic N) is 1. The number of rotatable bonds is 3. The van der Waals surface area contributed by atoms with Crippen molar-refractivity contribution in [2.45, 2.75) is 39.7 Å². The zero-order valence-corrected chi connectivity index (χ0v) is 11.9. The van der Waals surface area contributed by atoms with Crippen LogP contribution in [0.5, 0.6) is 11.8 Å². The van der Waals surface area contributed by atoms with Crippen LogP contribution in [0.4, 0.5) is 0 Å². The maximum atomic E-state index is 5.77. The molecule has 0 saturated carbocycles. The molecule has 0 atom stereocenters. The van der Waals surface area contributed by atoms with Gasteiger partial charge in [-0.05, 0) is 24.0 Å². The Bertz CT molecular complexity index is 568. The third-order valence-electron chi connectivity index (χ3n) is 2.88. The second-order valence-corrected chi connectivity index (χ2v) is 5.66. The first-order valence-corrected chi connectivity index (χ1v) is 6.33. The fourth-order valence-electron chi connectivity index (χ4n) is 1.86. The van der Waals surface area contributed by atoms with E-state index in [4.69, 9.17) is 14.9 Å². The van der Waals surface area contributed by atoms with Gasteiger partial charge in [0.1, 0.15) is 12.0 Å². The molecule has 0 aliphatic rings. The summed E-state index contributed by atoms with van der Waals surface area (Å²) in [4.78, 5) is 4.16. The largest absolute Gasteiger partial charge is 0.417 e. The van der Waals surface area contributed by atoms with Crippen LogP contribution < -0.4 is 10.5 Å². The highest BCUT2D eigenvalue weighted by Crippen LogP contribution is 2.34. The van der Waals surface area contributed by atoms with Crippen LogP contribution in [0.25, 0.3) is 0 Å². The number of aromatic nitrogens is 1. The molecule has 0 spiro atoms. The molecule has 2 rings (SSSR count). The minimum atomic E-state index is -0.00762. The molecule has 0 fully saturated rings. The smallest absolute Gasteiger partial charge is 0.399 e. The lowest BCUT2D eigenvalue weighted by Crippen LogP contribution is -2.12. The Labute approximate surface area is 113 Å². The van der Waals surface area contributed by atoms with Crippen LogP contribution in [0.2, 0.25) is 0 Å². The summed E-state index contributed by atoms with van der Waals surface area (Å²) in [5.74, 6) is 0.776. The van der Waals surface area contributed by atoms with E-state index in [1.165, 1.54) is 6.26 Å². The van der Waals surface area contributed by atoms with Crippen LogP contribution in [-0.2, 0) is 12.0 Å². The molecule has 19 heavy (non-hydrogen) atoms. The summed E-state index contributed by atoms with van der Waals surface area (Å²) in [5.41, 5.74) is 8.42. The van der Waals surface area contributed by atoms with Gasteiger partial charge in [-0.25, -0.2) is 0 Å². The van der Waals surface area contributed by atoms with Crippen molar-refractivity contribution in [3.8, 4) is 11.8 Å². The highest BCUT2D eigenvalue weighted by Gasteiger charge is 2.20. The van der Waals surface area contributed by atoms with E-state index < -0.39 is 0 Å². The predicted molar refractivity (Wildman–Crippen MR) is 74.3 cm³/mol. The van der Waals surface area contributed by atoms with Crippen molar-refractivity contribution in [1.29, 1.82) is 0 Å². The van der Waals surface area contributed by atoms with Crippen molar-refractivity contribution < 1.29 is 9.15 Å². The summed E-state index contributed by atoms with van der Waals surface area (Å²) in [5, 5.41) is 0. The van der Waals surface area contributed by atoms with E-state index in [1.54, 1.807) is 0 Å². The Morgan fingerprint density at radius 1 is 1.32 bits per heavy atom. The molecule has 0 saturated heterocycles. The third kappa shape index (κ3) is 3.15. The maximum Gasteiger partial charge on any atom is 0.399 e. The molecule has 2 N–H and O–H groups in total. The molecule has 1 aromatic heterocycles. The molecule has 0 unspecified atom stereocenters. The zero-order chi connectivity index (χ0) is 14.0. The molecule has 0 radical (unpaired) electrons. The number of aryl methyl sites for hydroxylation is 1. The normalized spacial score (nSPS) is 11.6. The van der Waals surface area contributed by atoms with E-state index in [0.29, 0.717) is 12.2 Å². The molecule has 102 valence electrons. The van der Waals surface area contributed by atoms with Gasteiger partial charge in [0.2, 0.25) is 0 Å². The first-order valence-electron chi connectivity index (χ1n) is 6.33. The van der Waals surface area contributed by atoms with Crippen molar-refractivity contribution in [2.75, 3.05) is 0 Å². The van der Waals surface area contributed by atoms with E-state index >= 15 is 0 Å². The molecular weight excluding hydrogens is 240 g/mol. The van der Waals surface area contributed by atoms with Gasteiger partial charge in [-0.15, -0.1) is 0 Å². The molecular formula is C15H20N2O2. The summed E-state index contributed by atoms with van der Waals surface area (Å²) in [6, 6.07) is 6.15. The van der Waals surface area contributed by atoms with Gasteiger partial charge in [0.05, 0.1) is 5.69 Å². The lowest BCUT2D eigenvalue weighted by molar-refractivity contribution is 0.324. The van der Waals surface area contributed by atoms with Crippen molar-refractivity contribution in [2.24, 2.45) is 5.73 Å². The molecule has 2 aromatic rings. The van der Waals surface area contributed by atoms with Gasteiger partial charge in [0.15, 0.2) is 0 Å². The SMILES string of the molecule is Cc1ccc(C(C)(C)C)c(Oc2nc(CN)co2)c1. The minimum absolute atomic E-state index is 0.00762. The van der Waals surface area contributed by atoms with Crippen molar-refractivity contribution in [3.63, 3.8) is 0 Å². The van der Waals surface area contributed by atoms with Gasteiger partial charge in [-0.3, -0.25) is 0 Å². The van der Waals surface area contributed by atoms with E-state index in [-0.39, 0.29) is 11.5 Å². The number of ether oxygens (including phenoxy) is 1. The van der Waals surface area contributed by atoms with Gasteiger partial charge >= 0.3 is 6.08 Å². The third-order valence-corrected chi connectivity index (χ3v) is 2.88. The average molecular weight is 260 g/mol. The average Bonchev–Trinajstić information content (AvgIpc) is 2.75. The fraction of sp³-hybridized carbons (Fsp3) is 0.400. The highest BCUT2D eigenvalue weighted by molar-refractivity contribution is 5.42. The van der Waals surface area contributed by atoms with Gasteiger partial charge < -0.3 is 14.9 Å². The fourth-order valence-corrected chi connectivity index (χ4v) is 1.86. The van der Waals surface area contributed by atoms with Gasteiger partial charge in [0.25, 0.3) is 0 Å². The minimum Gasteiger partial charge on any atom is -0.417 e. The Balaban J connectivity index is 2.35. The molecule has 0 aliphatic carbocycles. The summed E-state index contributed by atoms with van der Waals surface area (Å²) in [6.07, 6.45) is 1.75. The molecule has 4 heteroatoms. The standard InChI is InChI=1S/C15H20N2O2/c1-10-5-6-12(15(2,3)4)13(7-10)19-14-17-11(8-16)9-18-14/h5-7,9H,8,16H2,1-4H3. The lowest BCUT2D eigenvalue weighted by atomic mass is 9.86. The quantitative estimate of drug-likeness (QED) is 0.917. The Kier molecular flexibility index (Phi) is 3.62. The van der Waals surface area contributed by atoms with Crippen LogP contribution >= 0.6 is 0 Å². The number of oxazole rings is 1. The van der Waals surface area contributed by atoms with Crippen LogP contribution in [0.1, 0.15) is 37.6 Å². The second kappa shape index (κ2) is 5.05. The summed E-state index contributed by atoms with van der Waals surface area (Å²) in [7, 11) is 0. The van der Waals surface area contributed by atoms with Crippen molar-refractivity contribution in [1.82, 2.24) is 4.98 Å². The van der Waals surface area contributed by atoms with Crippen molar-refractivity contribution >= 4 is 0 Å². The summed E-state index contributed by atoms with van der Waals surface area (Å²) in [6.45, 7) is 8.80. The number of hydrogen-bond acceptors (Lipinski definition) is 4. The zero-order valence-electron chi connectivity index (χ0n) is 11.9. The van der Waals surface area contributed by atoms with Crippen LogP contribution in [0.3, 0.4) is 0 Å². The predicted octanol–water partition coefficient (Wildman–Crippen LogP) is 3.53. The molecule has 0 bridgehead atoms.